The van der Waals surface area contributed by atoms with Crippen molar-refractivity contribution in [2.75, 3.05) is 20.1 Å². The Hall–Kier alpha value is -2.86. The lowest BCUT2D eigenvalue weighted by Gasteiger charge is -2.33. The summed E-state index contributed by atoms with van der Waals surface area (Å²) in [5, 5.41) is 7.02. The van der Waals surface area contributed by atoms with Crippen LogP contribution in [0.4, 0.5) is 0 Å². The van der Waals surface area contributed by atoms with Gasteiger partial charge in [0, 0.05) is 38.1 Å². The number of guanidine groups is 1. The first-order chi connectivity index (χ1) is 14.2. The molecule has 1 atom stereocenters. The third kappa shape index (κ3) is 4.95. The summed E-state index contributed by atoms with van der Waals surface area (Å²) in [5.74, 6) is 0.838. The zero-order valence-corrected chi connectivity index (χ0v) is 17.3. The molecule has 0 aliphatic carbocycles. The molecule has 1 aliphatic rings. The average molecular weight is 391 g/mol. The smallest absolute Gasteiger partial charge is 0.191 e. The minimum absolute atomic E-state index is 0.405. The van der Waals surface area contributed by atoms with Crippen molar-refractivity contribution in [2.24, 2.45) is 4.99 Å². The Balaban J connectivity index is 1.31. The Bertz CT molecular complexity index is 962. The highest BCUT2D eigenvalue weighted by Gasteiger charge is 2.20. The van der Waals surface area contributed by atoms with Crippen molar-refractivity contribution in [1.82, 2.24) is 24.9 Å². The topological polar surface area (TPSA) is 57.0 Å². The molecule has 3 heterocycles. The number of aliphatic imine (C=N–C) groups is 1. The largest absolute Gasteiger partial charge is 0.352 e. The second-order valence-corrected chi connectivity index (χ2v) is 7.76. The van der Waals surface area contributed by atoms with E-state index in [0.717, 1.165) is 36.9 Å². The molecule has 0 spiro atoms. The number of nitrogens with one attached hydrogen (secondary N) is 2. The van der Waals surface area contributed by atoms with Crippen LogP contribution in [0.5, 0.6) is 0 Å². The molecule has 2 aromatic heterocycles. The van der Waals surface area contributed by atoms with Gasteiger partial charge in [0.1, 0.15) is 5.65 Å². The summed E-state index contributed by atoms with van der Waals surface area (Å²) in [6.07, 6.45) is 4.46. The van der Waals surface area contributed by atoms with Crippen LogP contribution in [0.25, 0.3) is 5.65 Å². The van der Waals surface area contributed by atoms with E-state index in [1.165, 1.54) is 24.1 Å². The van der Waals surface area contributed by atoms with Crippen LogP contribution in [-0.2, 0) is 13.1 Å². The lowest BCUT2D eigenvalue weighted by molar-refractivity contribution is 0.192. The van der Waals surface area contributed by atoms with Crippen LogP contribution in [0.2, 0.25) is 0 Å². The van der Waals surface area contributed by atoms with Gasteiger partial charge in [-0.25, -0.2) is 4.98 Å². The van der Waals surface area contributed by atoms with E-state index in [1.54, 1.807) is 0 Å². The first-order valence-electron chi connectivity index (χ1n) is 10.4. The van der Waals surface area contributed by atoms with Crippen LogP contribution in [0, 0.1) is 6.92 Å². The predicted molar refractivity (Wildman–Crippen MR) is 118 cm³/mol. The first kappa shape index (κ1) is 19.5. The lowest BCUT2D eigenvalue weighted by Crippen LogP contribution is -2.50. The molecule has 3 aromatic rings. The third-order valence-electron chi connectivity index (χ3n) is 5.50. The number of fused-ring (bicyclic) bond motifs is 1. The van der Waals surface area contributed by atoms with Gasteiger partial charge in [0.15, 0.2) is 5.96 Å². The molecule has 0 amide bonds. The number of likely N-dealkylation sites (tertiary alicyclic amines) is 1. The van der Waals surface area contributed by atoms with E-state index < -0.39 is 0 Å². The summed E-state index contributed by atoms with van der Waals surface area (Å²) >= 11 is 0. The lowest BCUT2D eigenvalue weighted by atomic mass is 10.0. The standard InChI is InChI=1S/C23H30N6/c1-18-8-6-12-22-26-21(17-29(18)22)14-25-23(24-2)27-20-11-7-13-28(16-20)15-19-9-4-3-5-10-19/h3-6,8-10,12,17,20H,7,11,13-16H2,1-2H3,(H2,24,25,27). The fraction of sp³-hybridized carbons (Fsp3) is 0.391. The number of nitrogens with zero attached hydrogens (tertiary/aromatic N) is 4. The molecule has 1 aliphatic heterocycles. The third-order valence-corrected chi connectivity index (χ3v) is 5.50. The van der Waals surface area contributed by atoms with Crippen LogP contribution in [-0.4, -0.2) is 46.4 Å². The van der Waals surface area contributed by atoms with E-state index in [2.05, 4.69) is 74.4 Å². The van der Waals surface area contributed by atoms with Crippen molar-refractivity contribution < 1.29 is 0 Å². The first-order valence-corrected chi connectivity index (χ1v) is 10.4. The van der Waals surface area contributed by atoms with E-state index in [1.807, 2.05) is 19.2 Å². The Labute approximate surface area is 172 Å². The van der Waals surface area contributed by atoms with E-state index >= 15 is 0 Å². The van der Waals surface area contributed by atoms with Gasteiger partial charge in [-0.3, -0.25) is 9.89 Å². The average Bonchev–Trinajstić information content (AvgIpc) is 3.17. The number of imidazole rings is 1. The summed E-state index contributed by atoms with van der Waals surface area (Å²) < 4.78 is 2.12. The zero-order chi connectivity index (χ0) is 20.1. The van der Waals surface area contributed by atoms with Crippen LogP contribution in [0.1, 0.15) is 29.8 Å². The molecular weight excluding hydrogens is 360 g/mol. The van der Waals surface area contributed by atoms with Crippen LogP contribution in [0.15, 0.2) is 59.7 Å². The maximum absolute atomic E-state index is 4.69. The molecule has 6 heteroatoms. The fourth-order valence-electron chi connectivity index (χ4n) is 4.00. The van der Waals surface area contributed by atoms with Crippen molar-refractivity contribution in [3.63, 3.8) is 0 Å². The monoisotopic (exact) mass is 390 g/mol. The zero-order valence-electron chi connectivity index (χ0n) is 17.3. The maximum Gasteiger partial charge on any atom is 0.191 e. The molecule has 2 N–H and O–H groups in total. The minimum Gasteiger partial charge on any atom is -0.352 e. The molecule has 6 nitrogen and oxygen atoms in total. The molecule has 1 unspecified atom stereocenters. The Morgan fingerprint density at radius 3 is 2.83 bits per heavy atom. The highest BCUT2D eigenvalue weighted by Crippen LogP contribution is 2.14. The van der Waals surface area contributed by atoms with E-state index in [9.17, 15) is 0 Å². The molecule has 0 saturated carbocycles. The van der Waals surface area contributed by atoms with Crippen molar-refractivity contribution in [2.45, 2.75) is 38.9 Å². The highest BCUT2D eigenvalue weighted by atomic mass is 15.2. The van der Waals surface area contributed by atoms with Gasteiger partial charge in [0.2, 0.25) is 0 Å². The quantitative estimate of drug-likeness (QED) is 0.519. The number of aromatic nitrogens is 2. The second-order valence-electron chi connectivity index (χ2n) is 7.76. The molecule has 1 fully saturated rings. The molecule has 1 aromatic carbocycles. The highest BCUT2D eigenvalue weighted by molar-refractivity contribution is 5.79. The summed E-state index contributed by atoms with van der Waals surface area (Å²) in [4.78, 5) is 11.6. The van der Waals surface area contributed by atoms with Gasteiger partial charge < -0.3 is 15.0 Å². The molecule has 29 heavy (non-hydrogen) atoms. The summed E-state index contributed by atoms with van der Waals surface area (Å²) in [7, 11) is 1.83. The minimum atomic E-state index is 0.405. The van der Waals surface area contributed by atoms with Gasteiger partial charge in [-0.15, -0.1) is 0 Å². The van der Waals surface area contributed by atoms with Gasteiger partial charge in [-0.2, -0.15) is 0 Å². The molecule has 1 saturated heterocycles. The SMILES string of the molecule is CN=C(NCc1cn2c(C)cccc2n1)NC1CCCN(Cc2ccccc2)C1. The predicted octanol–water partition coefficient (Wildman–Crippen LogP) is 2.97. The van der Waals surface area contributed by atoms with Gasteiger partial charge in [0.05, 0.1) is 12.2 Å². The number of piperidine rings is 1. The molecule has 4 rings (SSSR count). The summed E-state index contributed by atoms with van der Waals surface area (Å²) in [5.41, 5.74) is 4.55. The van der Waals surface area contributed by atoms with Crippen LogP contribution in [0.3, 0.4) is 0 Å². The number of rotatable bonds is 5. The Morgan fingerprint density at radius 2 is 2.03 bits per heavy atom. The van der Waals surface area contributed by atoms with Gasteiger partial charge >= 0.3 is 0 Å². The van der Waals surface area contributed by atoms with Gasteiger partial charge in [-0.1, -0.05) is 36.4 Å². The Morgan fingerprint density at radius 1 is 1.17 bits per heavy atom. The fourth-order valence-corrected chi connectivity index (χ4v) is 4.00. The van der Waals surface area contributed by atoms with E-state index in [4.69, 9.17) is 4.98 Å². The van der Waals surface area contributed by atoms with Gasteiger partial charge in [-0.05, 0) is 44.0 Å². The number of benzene rings is 1. The molecule has 0 bridgehead atoms. The van der Waals surface area contributed by atoms with Crippen LogP contribution < -0.4 is 10.6 Å². The molecule has 0 radical (unpaired) electrons. The second kappa shape index (κ2) is 9.09. The van der Waals surface area contributed by atoms with Crippen molar-refractivity contribution in [1.29, 1.82) is 0 Å². The van der Waals surface area contributed by atoms with Crippen molar-refractivity contribution in [3.8, 4) is 0 Å². The van der Waals surface area contributed by atoms with Crippen LogP contribution >= 0.6 is 0 Å². The normalized spacial score (nSPS) is 18.1. The van der Waals surface area contributed by atoms with E-state index in [0.29, 0.717) is 12.6 Å². The number of aryl methyl sites for hydroxylation is 1. The Kier molecular flexibility index (Phi) is 6.10. The van der Waals surface area contributed by atoms with Gasteiger partial charge in [0.25, 0.3) is 0 Å². The van der Waals surface area contributed by atoms with Crippen molar-refractivity contribution >= 4 is 11.6 Å². The van der Waals surface area contributed by atoms with E-state index in [-0.39, 0.29) is 0 Å². The number of hydrogen-bond acceptors (Lipinski definition) is 3. The van der Waals surface area contributed by atoms with Crippen molar-refractivity contribution in [3.05, 3.63) is 71.7 Å². The summed E-state index contributed by atoms with van der Waals surface area (Å²) in [6, 6.07) is 17.3. The summed E-state index contributed by atoms with van der Waals surface area (Å²) in [6.45, 7) is 5.94. The number of pyridine rings is 1. The maximum atomic E-state index is 4.69. The number of hydrogen-bond donors (Lipinski definition) is 2. The molecule has 152 valence electrons. The molecular formula is C23H30N6.